The van der Waals surface area contributed by atoms with E-state index in [0.29, 0.717) is 11.3 Å². The molecule has 1 aromatic carbocycles. The zero-order chi connectivity index (χ0) is 14.5. The summed E-state index contributed by atoms with van der Waals surface area (Å²) in [6, 6.07) is 6.31. The van der Waals surface area contributed by atoms with E-state index in [1.807, 2.05) is 0 Å². The summed E-state index contributed by atoms with van der Waals surface area (Å²) in [5, 5.41) is 0. The monoisotopic (exact) mass is 312 g/mol. The summed E-state index contributed by atoms with van der Waals surface area (Å²) in [4.78, 5) is 11.3. The van der Waals surface area contributed by atoms with Crippen LogP contribution in [-0.2, 0) is 9.53 Å². The van der Waals surface area contributed by atoms with Crippen LogP contribution in [0, 0.1) is 0 Å². The Morgan fingerprint density at radius 3 is 2.15 bits per heavy atom. The Morgan fingerprint density at radius 1 is 1.20 bits per heavy atom. The molecule has 0 N–H and O–H groups in total. The minimum absolute atomic E-state index is 0. The molecule has 8 heteroatoms. The van der Waals surface area contributed by atoms with Crippen molar-refractivity contribution in [3.8, 4) is 5.75 Å². The van der Waals surface area contributed by atoms with Gasteiger partial charge in [0.05, 0.1) is 14.2 Å². The molecule has 0 radical (unpaired) electrons. The van der Waals surface area contributed by atoms with Crippen molar-refractivity contribution < 1.29 is 78.6 Å². The molecule has 0 fully saturated rings. The molecule has 0 saturated carbocycles. The molecule has 0 aliphatic carbocycles. The molecule has 0 saturated heterocycles. The smallest absolute Gasteiger partial charge is 0.497 e. The molecule has 0 bridgehead atoms. The fourth-order valence-electron chi connectivity index (χ4n) is 1.48. The summed E-state index contributed by atoms with van der Waals surface area (Å²) in [7, 11) is 2.53. The second-order valence-corrected chi connectivity index (χ2v) is 3.85. The van der Waals surface area contributed by atoms with Crippen molar-refractivity contribution in [1.82, 2.24) is 0 Å². The minimum atomic E-state index is -5.10. The molecule has 1 rings (SSSR count). The fraction of sp³-hybridized carbons (Fsp3) is 0.250. The molecule has 20 heavy (non-hydrogen) atoms. The third-order valence-corrected chi connectivity index (χ3v) is 2.36. The number of methoxy groups -OCH3 is 2. The molecular weight excluding hydrogens is 299 g/mol. The molecule has 0 unspecified atom stereocenters. The van der Waals surface area contributed by atoms with Crippen molar-refractivity contribution in [2.75, 3.05) is 14.2 Å². The van der Waals surface area contributed by atoms with Crippen LogP contribution in [0.25, 0.3) is 6.08 Å². The van der Waals surface area contributed by atoms with Crippen LogP contribution in [0.1, 0.15) is 5.56 Å². The predicted octanol–water partition coefficient (Wildman–Crippen LogP) is 0.103. The van der Waals surface area contributed by atoms with E-state index in [1.54, 1.807) is 24.3 Å². The zero-order valence-corrected chi connectivity index (χ0v) is 14.7. The van der Waals surface area contributed by atoms with Crippen molar-refractivity contribution in [3.63, 3.8) is 0 Å². The molecule has 0 heterocycles. The normalized spacial score (nSPS) is 11.6. The predicted molar refractivity (Wildman–Crippen MR) is 66.9 cm³/mol. The average Bonchev–Trinajstić information content (AvgIpc) is 2.36. The molecule has 1 aromatic rings. The third kappa shape index (κ3) is 6.94. The Kier molecular flexibility index (Phi) is 8.76. The summed E-state index contributed by atoms with van der Waals surface area (Å²) in [6.45, 7) is -5.10. The Balaban J connectivity index is 0.00000361. The molecule has 0 spiro atoms. The van der Waals surface area contributed by atoms with Crippen molar-refractivity contribution in [2.45, 2.75) is 6.32 Å². The van der Waals surface area contributed by atoms with Crippen LogP contribution in [-0.4, -0.2) is 27.2 Å². The van der Waals surface area contributed by atoms with Crippen LogP contribution < -0.4 is 56.1 Å². The SMILES string of the molecule is COC(=O)/C(=C/c1ccc(OC)cc1)C[B-](F)(F)F.[K+]. The number of carbonyl (C=O) groups excluding carboxylic acids is 1. The quantitative estimate of drug-likeness (QED) is 0.440. The van der Waals surface area contributed by atoms with Gasteiger partial charge in [0.1, 0.15) is 5.75 Å². The molecule has 104 valence electrons. The molecule has 0 atom stereocenters. The van der Waals surface area contributed by atoms with Gasteiger partial charge in [-0.25, -0.2) is 4.79 Å². The van der Waals surface area contributed by atoms with Crippen LogP contribution in [0.2, 0.25) is 6.32 Å². The number of ether oxygens (including phenoxy) is 2. The maximum absolute atomic E-state index is 12.4. The van der Waals surface area contributed by atoms with Gasteiger partial charge in [-0.1, -0.05) is 18.5 Å². The van der Waals surface area contributed by atoms with Gasteiger partial charge in [0.15, 0.2) is 0 Å². The van der Waals surface area contributed by atoms with E-state index >= 15 is 0 Å². The van der Waals surface area contributed by atoms with E-state index in [2.05, 4.69) is 4.74 Å². The molecule has 0 aromatic heterocycles. The van der Waals surface area contributed by atoms with Crippen molar-refractivity contribution in [1.29, 1.82) is 0 Å². The number of hydrogen-bond acceptors (Lipinski definition) is 3. The van der Waals surface area contributed by atoms with Gasteiger partial charge in [0.2, 0.25) is 0 Å². The topological polar surface area (TPSA) is 35.5 Å². The van der Waals surface area contributed by atoms with Crippen LogP contribution in [0.3, 0.4) is 0 Å². The number of hydrogen-bond donors (Lipinski definition) is 0. The second-order valence-electron chi connectivity index (χ2n) is 3.85. The summed E-state index contributed by atoms with van der Waals surface area (Å²) < 4.78 is 46.5. The van der Waals surface area contributed by atoms with Crippen LogP contribution >= 0.6 is 0 Å². The summed E-state index contributed by atoms with van der Waals surface area (Å²) >= 11 is 0. The van der Waals surface area contributed by atoms with Gasteiger partial charge in [-0.05, 0) is 23.8 Å². The van der Waals surface area contributed by atoms with Gasteiger partial charge in [-0.15, -0.1) is 0 Å². The maximum Gasteiger partial charge on any atom is 1.00 e. The number of halogens is 3. The van der Waals surface area contributed by atoms with Crippen LogP contribution in [0.5, 0.6) is 5.75 Å². The van der Waals surface area contributed by atoms with Gasteiger partial charge >= 0.3 is 64.3 Å². The van der Waals surface area contributed by atoms with Gasteiger partial charge in [0, 0.05) is 5.57 Å². The number of rotatable bonds is 5. The van der Waals surface area contributed by atoms with Crippen molar-refractivity contribution in [2.24, 2.45) is 0 Å². The Bertz CT molecular complexity index is 472. The zero-order valence-electron chi connectivity index (χ0n) is 11.5. The van der Waals surface area contributed by atoms with E-state index < -0.39 is 24.8 Å². The minimum Gasteiger partial charge on any atom is -0.497 e. The fourth-order valence-corrected chi connectivity index (χ4v) is 1.48. The summed E-state index contributed by atoms with van der Waals surface area (Å²) in [6.07, 6.45) is -0.0980. The number of esters is 1. The number of benzene rings is 1. The first-order chi connectivity index (χ1) is 8.85. The van der Waals surface area contributed by atoms with Crippen LogP contribution in [0.15, 0.2) is 29.8 Å². The largest absolute Gasteiger partial charge is 1.00 e. The van der Waals surface area contributed by atoms with Crippen molar-refractivity contribution in [3.05, 3.63) is 35.4 Å². The summed E-state index contributed by atoms with van der Waals surface area (Å²) in [5.41, 5.74) is 0.0569. The van der Waals surface area contributed by atoms with E-state index in [1.165, 1.54) is 13.2 Å². The first kappa shape index (κ1) is 19.7. The van der Waals surface area contributed by atoms with E-state index in [-0.39, 0.29) is 51.4 Å². The van der Waals surface area contributed by atoms with E-state index in [0.717, 1.165) is 7.11 Å². The van der Waals surface area contributed by atoms with Crippen LogP contribution in [0.4, 0.5) is 12.9 Å². The molecule has 3 nitrogen and oxygen atoms in total. The van der Waals surface area contributed by atoms with E-state index in [9.17, 15) is 17.7 Å². The van der Waals surface area contributed by atoms with E-state index in [4.69, 9.17) is 4.74 Å². The Labute approximate surface area is 158 Å². The first-order valence-electron chi connectivity index (χ1n) is 5.49. The van der Waals surface area contributed by atoms with Gasteiger partial charge in [0.25, 0.3) is 0 Å². The maximum atomic E-state index is 12.4. The summed E-state index contributed by atoms with van der Waals surface area (Å²) in [5.74, 6) is -0.396. The Hall–Kier alpha value is -0.279. The van der Waals surface area contributed by atoms with Crippen molar-refractivity contribution >= 4 is 19.0 Å². The molecule has 0 aliphatic rings. The molecule has 0 aliphatic heterocycles. The first-order valence-corrected chi connectivity index (χ1v) is 5.49. The molecule has 0 amide bonds. The van der Waals surface area contributed by atoms with Gasteiger partial charge in [-0.2, -0.15) is 0 Å². The average molecular weight is 312 g/mol. The van der Waals surface area contributed by atoms with Gasteiger partial charge < -0.3 is 22.4 Å². The standard InChI is InChI=1S/C12H13BF3O3.K/c1-18-11-5-3-9(4-6-11)7-10(12(17)19-2)8-13(14,15)16;/h3-7H,8H2,1-2H3;/q-1;+1/b10-7+;. The van der Waals surface area contributed by atoms with Gasteiger partial charge in [-0.3, -0.25) is 0 Å². The molecular formula is C12H13BF3KO3. The number of carbonyl (C=O) groups is 1. The second kappa shape index (κ2) is 8.89. The Morgan fingerprint density at radius 2 is 1.75 bits per heavy atom. The third-order valence-electron chi connectivity index (χ3n) is 2.36.